The molecule has 0 saturated heterocycles. The highest BCUT2D eigenvalue weighted by Crippen LogP contribution is 2.23. The van der Waals surface area contributed by atoms with Crippen molar-refractivity contribution in [1.29, 1.82) is 0 Å². The van der Waals surface area contributed by atoms with Crippen LogP contribution in [0.3, 0.4) is 0 Å². The monoisotopic (exact) mass is 322 g/mol. The third kappa shape index (κ3) is 3.63. The van der Waals surface area contributed by atoms with Crippen LogP contribution in [0.5, 0.6) is 0 Å². The molecule has 0 saturated carbocycles. The van der Waals surface area contributed by atoms with E-state index in [4.69, 9.17) is 4.42 Å². The molecule has 0 aliphatic heterocycles. The molecule has 0 aliphatic carbocycles. The van der Waals surface area contributed by atoms with Crippen molar-refractivity contribution in [2.24, 2.45) is 0 Å². The number of ketones is 1. The van der Waals surface area contributed by atoms with Gasteiger partial charge in [-0.2, -0.15) is 0 Å². The van der Waals surface area contributed by atoms with Crippen molar-refractivity contribution in [3.8, 4) is 0 Å². The van der Waals surface area contributed by atoms with Gasteiger partial charge in [-0.3, -0.25) is 9.59 Å². The predicted octanol–water partition coefficient (Wildman–Crippen LogP) is 3.90. The summed E-state index contributed by atoms with van der Waals surface area (Å²) in [5, 5.41) is 2.86. The van der Waals surface area contributed by atoms with Crippen LogP contribution in [0, 0.1) is 0 Å². The number of amides is 1. The average Bonchev–Trinajstić information content (AvgIpc) is 3.27. The van der Waals surface area contributed by atoms with Gasteiger partial charge in [-0.05, 0) is 55.5 Å². The molecule has 1 aromatic carbocycles. The summed E-state index contributed by atoms with van der Waals surface area (Å²) in [5.41, 5.74) is 1.28. The average molecular weight is 322 g/mol. The van der Waals surface area contributed by atoms with Crippen LogP contribution in [0.2, 0.25) is 0 Å². The molecule has 24 heavy (non-hydrogen) atoms. The van der Waals surface area contributed by atoms with Gasteiger partial charge < -0.3 is 14.3 Å². The molecule has 0 spiro atoms. The molecule has 122 valence electrons. The molecule has 1 amide bonds. The highest BCUT2D eigenvalue weighted by molar-refractivity contribution is 5.95. The van der Waals surface area contributed by atoms with E-state index in [1.807, 2.05) is 41.2 Å². The molecule has 1 N–H and O–H groups in total. The molecule has 5 heteroatoms. The standard InChI is InChI=1S/C19H18N2O3/c1-14(22)15-6-8-16(9-7-15)20-19(23)13-17(18-5-4-12-24-18)21-10-2-3-11-21/h2-12,17H,13H2,1H3,(H,20,23)/t17-/m1/s1. The lowest BCUT2D eigenvalue weighted by Gasteiger charge is -2.16. The Morgan fingerprint density at radius 1 is 1.08 bits per heavy atom. The van der Waals surface area contributed by atoms with Crippen molar-refractivity contribution in [2.75, 3.05) is 5.32 Å². The van der Waals surface area contributed by atoms with E-state index in [-0.39, 0.29) is 24.2 Å². The number of nitrogens with zero attached hydrogens (tertiary/aromatic N) is 1. The number of carbonyl (C=O) groups is 2. The van der Waals surface area contributed by atoms with Crippen LogP contribution in [0.25, 0.3) is 0 Å². The fourth-order valence-corrected chi connectivity index (χ4v) is 2.57. The Morgan fingerprint density at radius 2 is 1.79 bits per heavy atom. The zero-order chi connectivity index (χ0) is 16.9. The van der Waals surface area contributed by atoms with Crippen molar-refractivity contribution in [2.45, 2.75) is 19.4 Å². The minimum Gasteiger partial charge on any atom is -0.467 e. The van der Waals surface area contributed by atoms with Crippen molar-refractivity contribution < 1.29 is 14.0 Å². The SMILES string of the molecule is CC(=O)c1ccc(NC(=O)C[C@H](c2ccco2)n2cccc2)cc1. The Morgan fingerprint density at radius 3 is 2.38 bits per heavy atom. The molecule has 0 unspecified atom stereocenters. The van der Waals surface area contributed by atoms with E-state index >= 15 is 0 Å². The first-order valence-electron chi connectivity index (χ1n) is 7.70. The Balaban J connectivity index is 1.71. The summed E-state index contributed by atoms with van der Waals surface area (Å²) in [6.45, 7) is 1.51. The number of hydrogen-bond donors (Lipinski definition) is 1. The van der Waals surface area contributed by atoms with E-state index in [0.717, 1.165) is 5.76 Å². The van der Waals surface area contributed by atoms with Crippen molar-refractivity contribution in [3.05, 3.63) is 78.5 Å². The second kappa shape index (κ2) is 7.00. The summed E-state index contributed by atoms with van der Waals surface area (Å²) in [6.07, 6.45) is 5.66. The Hall–Kier alpha value is -3.08. The molecule has 0 bridgehead atoms. The maximum atomic E-state index is 12.4. The second-order valence-corrected chi connectivity index (χ2v) is 5.55. The number of aromatic nitrogens is 1. The highest BCUT2D eigenvalue weighted by atomic mass is 16.3. The number of nitrogens with one attached hydrogen (secondary N) is 1. The fraction of sp³-hybridized carbons (Fsp3) is 0.158. The molecular weight excluding hydrogens is 304 g/mol. The normalized spacial score (nSPS) is 11.9. The maximum Gasteiger partial charge on any atom is 0.226 e. The van der Waals surface area contributed by atoms with Crippen LogP contribution in [-0.2, 0) is 4.79 Å². The molecule has 0 radical (unpaired) electrons. The molecule has 2 aromatic heterocycles. The first-order chi connectivity index (χ1) is 11.6. The third-order valence-corrected chi connectivity index (χ3v) is 3.81. The van der Waals surface area contributed by atoms with E-state index in [2.05, 4.69) is 5.32 Å². The number of rotatable bonds is 6. The van der Waals surface area contributed by atoms with Crippen molar-refractivity contribution in [3.63, 3.8) is 0 Å². The van der Waals surface area contributed by atoms with Crippen LogP contribution < -0.4 is 5.32 Å². The maximum absolute atomic E-state index is 12.4. The van der Waals surface area contributed by atoms with Crippen LogP contribution in [0.1, 0.15) is 35.5 Å². The Kier molecular flexibility index (Phi) is 4.61. The van der Waals surface area contributed by atoms with Gasteiger partial charge in [0.25, 0.3) is 0 Å². The number of furan rings is 1. The lowest BCUT2D eigenvalue weighted by atomic mass is 10.1. The van der Waals surface area contributed by atoms with E-state index in [9.17, 15) is 9.59 Å². The lowest BCUT2D eigenvalue weighted by molar-refractivity contribution is -0.116. The largest absolute Gasteiger partial charge is 0.467 e. The van der Waals surface area contributed by atoms with Crippen LogP contribution in [0.4, 0.5) is 5.69 Å². The number of anilines is 1. The summed E-state index contributed by atoms with van der Waals surface area (Å²) < 4.78 is 7.42. The summed E-state index contributed by atoms with van der Waals surface area (Å²) in [7, 11) is 0. The minimum absolute atomic E-state index is 0.00151. The molecule has 0 aliphatic rings. The minimum atomic E-state index is -0.202. The Labute approximate surface area is 139 Å². The molecule has 3 rings (SSSR count). The van der Waals surface area contributed by atoms with Gasteiger partial charge in [0.05, 0.1) is 18.7 Å². The summed E-state index contributed by atoms with van der Waals surface area (Å²) in [5.74, 6) is 0.604. The highest BCUT2D eigenvalue weighted by Gasteiger charge is 2.19. The van der Waals surface area contributed by atoms with Crippen LogP contribution in [0.15, 0.2) is 71.6 Å². The van der Waals surface area contributed by atoms with Gasteiger partial charge in [0, 0.05) is 23.6 Å². The van der Waals surface area contributed by atoms with E-state index in [0.29, 0.717) is 11.3 Å². The third-order valence-electron chi connectivity index (χ3n) is 3.81. The fourth-order valence-electron chi connectivity index (χ4n) is 2.57. The van der Waals surface area contributed by atoms with Crippen molar-refractivity contribution >= 4 is 17.4 Å². The predicted molar refractivity (Wildman–Crippen MR) is 91.0 cm³/mol. The Bertz CT molecular complexity index is 769. The lowest BCUT2D eigenvalue weighted by Crippen LogP contribution is -2.19. The van der Waals surface area contributed by atoms with Gasteiger partial charge >= 0.3 is 0 Å². The summed E-state index contributed by atoms with van der Waals surface area (Å²) in [4.78, 5) is 23.7. The first-order valence-corrected chi connectivity index (χ1v) is 7.70. The summed E-state index contributed by atoms with van der Waals surface area (Å²) >= 11 is 0. The van der Waals surface area contributed by atoms with Gasteiger partial charge in [-0.25, -0.2) is 0 Å². The second-order valence-electron chi connectivity index (χ2n) is 5.55. The quantitative estimate of drug-likeness (QED) is 0.700. The number of carbonyl (C=O) groups excluding carboxylic acids is 2. The molecule has 2 heterocycles. The van der Waals surface area contributed by atoms with Crippen molar-refractivity contribution in [1.82, 2.24) is 4.57 Å². The number of hydrogen-bond acceptors (Lipinski definition) is 3. The van der Waals surface area contributed by atoms with Gasteiger partial charge in [-0.15, -0.1) is 0 Å². The molecule has 5 nitrogen and oxygen atoms in total. The van der Waals surface area contributed by atoms with Gasteiger partial charge in [0.1, 0.15) is 5.76 Å². The first kappa shape index (κ1) is 15.8. The van der Waals surface area contributed by atoms with E-state index < -0.39 is 0 Å². The summed E-state index contributed by atoms with van der Waals surface area (Å²) in [6, 6.07) is 14.2. The molecule has 1 atom stereocenters. The van der Waals surface area contributed by atoms with E-state index in [1.165, 1.54) is 6.92 Å². The van der Waals surface area contributed by atoms with Crippen LogP contribution >= 0.6 is 0 Å². The topological polar surface area (TPSA) is 64.2 Å². The number of Topliss-reactive ketones (excluding diaryl/α,β-unsaturated/α-hetero) is 1. The molecule has 3 aromatic rings. The van der Waals surface area contributed by atoms with Crippen LogP contribution in [-0.4, -0.2) is 16.3 Å². The van der Waals surface area contributed by atoms with Gasteiger partial charge in [-0.1, -0.05) is 0 Å². The number of benzene rings is 1. The van der Waals surface area contributed by atoms with E-state index in [1.54, 1.807) is 30.5 Å². The zero-order valence-electron chi connectivity index (χ0n) is 13.3. The van der Waals surface area contributed by atoms with Gasteiger partial charge in [0.2, 0.25) is 5.91 Å². The zero-order valence-corrected chi connectivity index (χ0v) is 13.3. The smallest absolute Gasteiger partial charge is 0.226 e. The molecular formula is C19H18N2O3. The molecule has 0 fully saturated rings. The van der Waals surface area contributed by atoms with Gasteiger partial charge in [0.15, 0.2) is 5.78 Å².